The number of fused-ring (bicyclic) bond motifs is 3. The molecule has 0 spiro atoms. The lowest BCUT2D eigenvalue weighted by molar-refractivity contribution is -0.144. The van der Waals surface area contributed by atoms with Crippen LogP contribution in [0.25, 0.3) is 11.1 Å². The van der Waals surface area contributed by atoms with Crippen LogP contribution in [-0.4, -0.2) is 37.6 Å². The molecule has 2 aromatic rings. The molecule has 25 heavy (non-hydrogen) atoms. The Bertz CT molecular complexity index is 717. The van der Waals surface area contributed by atoms with E-state index in [-0.39, 0.29) is 11.9 Å². The van der Waals surface area contributed by atoms with Crippen LogP contribution in [0.2, 0.25) is 0 Å². The van der Waals surface area contributed by atoms with E-state index in [2.05, 4.69) is 36.2 Å². The molecule has 0 radical (unpaired) electrons. The smallest absolute Gasteiger partial charge is 0.317 e. The largest absolute Gasteiger partial charge is 0.465 e. The summed E-state index contributed by atoms with van der Waals surface area (Å²) in [7, 11) is 2.17. The highest BCUT2D eigenvalue weighted by Crippen LogP contribution is 2.45. The van der Waals surface area contributed by atoms with Gasteiger partial charge in [-0.2, -0.15) is 0 Å². The van der Waals surface area contributed by atoms with E-state index in [1.807, 2.05) is 24.3 Å². The highest BCUT2D eigenvalue weighted by molar-refractivity contribution is 5.93. The number of ether oxygens (including phenoxy) is 1. The van der Waals surface area contributed by atoms with E-state index < -0.39 is 0 Å². The number of benzene rings is 2. The first kappa shape index (κ1) is 16.3. The third kappa shape index (κ3) is 3.21. The average molecular weight is 335 g/mol. The third-order valence-electron chi connectivity index (χ3n) is 5.68. The van der Waals surface area contributed by atoms with E-state index in [1.54, 1.807) is 0 Å². The molecule has 0 amide bonds. The molecule has 0 saturated carbocycles. The van der Waals surface area contributed by atoms with Gasteiger partial charge in [0.2, 0.25) is 0 Å². The summed E-state index contributed by atoms with van der Waals surface area (Å²) < 4.78 is 5.72. The normalized spacial score (nSPS) is 18.0. The quantitative estimate of drug-likeness (QED) is 0.789. The maximum absolute atomic E-state index is 12.8. The molecule has 2 aliphatic rings. The van der Waals surface area contributed by atoms with Gasteiger partial charge in [-0.1, -0.05) is 48.5 Å². The summed E-state index contributed by atoms with van der Waals surface area (Å²) in [6.07, 6.45) is 3.40. The molecule has 0 N–H and O–H groups in total. The molecular formula is C22H25NO2. The van der Waals surface area contributed by atoms with Gasteiger partial charge in [-0.3, -0.25) is 4.79 Å². The minimum Gasteiger partial charge on any atom is -0.465 e. The van der Waals surface area contributed by atoms with Gasteiger partial charge >= 0.3 is 5.97 Å². The molecule has 3 heteroatoms. The number of likely N-dealkylation sites (tertiary alicyclic amines) is 1. The van der Waals surface area contributed by atoms with Crippen molar-refractivity contribution in [1.82, 2.24) is 4.90 Å². The maximum Gasteiger partial charge on any atom is 0.317 e. The number of nitrogens with zero attached hydrogens (tertiary/aromatic N) is 1. The molecule has 1 aliphatic carbocycles. The Hall–Kier alpha value is -2.13. The Morgan fingerprint density at radius 1 is 1.00 bits per heavy atom. The monoisotopic (exact) mass is 335 g/mol. The fraction of sp³-hybridized carbons (Fsp3) is 0.409. The number of rotatable bonds is 4. The number of hydrogen-bond acceptors (Lipinski definition) is 3. The van der Waals surface area contributed by atoms with Crippen molar-refractivity contribution in [2.24, 2.45) is 5.92 Å². The first-order valence-electron chi connectivity index (χ1n) is 9.27. The average Bonchev–Trinajstić information content (AvgIpc) is 2.98. The van der Waals surface area contributed by atoms with Gasteiger partial charge in [-0.25, -0.2) is 0 Å². The molecule has 1 heterocycles. The van der Waals surface area contributed by atoms with Crippen molar-refractivity contribution in [1.29, 1.82) is 0 Å². The predicted octanol–water partition coefficient (Wildman–Crippen LogP) is 4.07. The van der Waals surface area contributed by atoms with Crippen molar-refractivity contribution in [3.8, 4) is 11.1 Å². The van der Waals surface area contributed by atoms with Crippen LogP contribution in [0.15, 0.2) is 48.5 Å². The van der Waals surface area contributed by atoms with Crippen LogP contribution in [0, 0.1) is 5.92 Å². The molecule has 1 fully saturated rings. The fourth-order valence-electron chi connectivity index (χ4n) is 4.17. The van der Waals surface area contributed by atoms with Gasteiger partial charge in [-0.15, -0.1) is 0 Å². The minimum absolute atomic E-state index is 0.106. The van der Waals surface area contributed by atoms with Gasteiger partial charge in [0.1, 0.15) is 5.92 Å². The number of esters is 1. The van der Waals surface area contributed by atoms with E-state index in [1.165, 1.54) is 12.8 Å². The highest BCUT2D eigenvalue weighted by Gasteiger charge is 2.34. The van der Waals surface area contributed by atoms with Gasteiger partial charge in [0, 0.05) is 0 Å². The van der Waals surface area contributed by atoms with Crippen LogP contribution in [0.3, 0.4) is 0 Å². The molecular weight excluding hydrogens is 310 g/mol. The first-order chi connectivity index (χ1) is 12.2. The zero-order valence-electron chi connectivity index (χ0n) is 14.8. The zero-order chi connectivity index (χ0) is 17.2. The standard InChI is InChI=1S/C22H25NO2/c1-23-13-10-16(11-14-23)12-15-25-22(24)21-19-8-4-2-6-17(19)18-7-3-5-9-20(18)21/h2-9,16,21H,10-15H2,1H3. The van der Waals surface area contributed by atoms with Crippen molar-refractivity contribution in [2.45, 2.75) is 25.2 Å². The molecule has 0 atom stereocenters. The van der Waals surface area contributed by atoms with E-state index >= 15 is 0 Å². The Kier molecular flexibility index (Phi) is 4.58. The Morgan fingerprint density at radius 2 is 1.56 bits per heavy atom. The van der Waals surface area contributed by atoms with Gasteiger partial charge in [-0.05, 0) is 67.6 Å². The van der Waals surface area contributed by atoms with E-state index in [0.717, 1.165) is 41.8 Å². The minimum atomic E-state index is -0.273. The molecule has 4 rings (SSSR count). The summed E-state index contributed by atoms with van der Waals surface area (Å²) >= 11 is 0. The molecule has 130 valence electrons. The second-order valence-electron chi connectivity index (χ2n) is 7.31. The zero-order valence-corrected chi connectivity index (χ0v) is 14.8. The fourth-order valence-corrected chi connectivity index (χ4v) is 4.17. The summed E-state index contributed by atoms with van der Waals surface area (Å²) in [6.45, 7) is 2.85. The van der Waals surface area contributed by atoms with Crippen molar-refractivity contribution in [3.63, 3.8) is 0 Å². The van der Waals surface area contributed by atoms with Gasteiger partial charge in [0.25, 0.3) is 0 Å². The number of piperidine rings is 1. The second-order valence-corrected chi connectivity index (χ2v) is 7.31. The van der Waals surface area contributed by atoms with Crippen LogP contribution in [0.4, 0.5) is 0 Å². The van der Waals surface area contributed by atoms with E-state index in [0.29, 0.717) is 12.5 Å². The van der Waals surface area contributed by atoms with Crippen LogP contribution in [0.5, 0.6) is 0 Å². The lowest BCUT2D eigenvalue weighted by atomic mass is 9.94. The lowest BCUT2D eigenvalue weighted by Gasteiger charge is -2.28. The van der Waals surface area contributed by atoms with Crippen LogP contribution < -0.4 is 0 Å². The summed E-state index contributed by atoms with van der Waals surface area (Å²) in [5.74, 6) is 0.308. The van der Waals surface area contributed by atoms with Gasteiger partial charge in [0.05, 0.1) is 6.61 Å². The Balaban J connectivity index is 1.44. The lowest BCUT2D eigenvalue weighted by Crippen LogP contribution is -2.30. The van der Waals surface area contributed by atoms with Crippen molar-refractivity contribution in [3.05, 3.63) is 59.7 Å². The molecule has 2 aromatic carbocycles. The highest BCUT2D eigenvalue weighted by atomic mass is 16.5. The summed E-state index contributed by atoms with van der Waals surface area (Å²) in [6, 6.07) is 16.4. The van der Waals surface area contributed by atoms with Gasteiger partial charge in [0.15, 0.2) is 0 Å². The molecule has 1 aliphatic heterocycles. The van der Waals surface area contributed by atoms with E-state index in [4.69, 9.17) is 4.74 Å². The first-order valence-corrected chi connectivity index (χ1v) is 9.27. The molecule has 0 unspecified atom stereocenters. The molecule has 0 bridgehead atoms. The van der Waals surface area contributed by atoms with Crippen molar-refractivity contribution >= 4 is 5.97 Å². The van der Waals surface area contributed by atoms with Crippen LogP contribution >= 0.6 is 0 Å². The van der Waals surface area contributed by atoms with Crippen molar-refractivity contribution < 1.29 is 9.53 Å². The van der Waals surface area contributed by atoms with Crippen molar-refractivity contribution in [2.75, 3.05) is 26.7 Å². The van der Waals surface area contributed by atoms with Crippen LogP contribution in [-0.2, 0) is 9.53 Å². The van der Waals surface area contributed by atoms with Crippen LogP contribution in [0.1, 0.15) is 36.3 Å². The summed E-state index contributed by atoms with van der Waals surface area (Å²) in [5.41, 5.74) is 4.48. The molecule has 0 aromatic heterocycles. The predicted molar refractivity (Wildman–Crippen MR) is 99.5 cm³/mol. The molecule has 1 saturated heterocycles. The number of carbonyl (C=O) groups excluding carboxylic acids is 1. The maximum atomic E-state index is 12.8. The van der Waals surface area contributed by atoms with E-state index in [9.17, 15) is 4.79 Å². The Morgan fingerprint density at radius 3 is 2.16 bits per heavy atom. The number of hydrogen-bond donors (Lipinski definition) is 0. The Labute approximate surface area is 149 Å². The SMILES string of the molecule is CN1CCC(CCOC(=O)C2c3ccccc3-c3ccccc32)CC1. The number of carbonyl (C=O) groups is 1. The third-order valence-corrected chi connectivity index (χ3v) is 5.68. The molecule has 3 nitrogen and oxygen atoms in total. The summed E-state index contributed by atoms with van der Waals surface area (Å²) in [4.78, 5) is 15.2. The summed E-state index contributed by atoms with van der Waals surface area (Å²) in [5, 5.41) is 0. The topological polar surface area (TPSA) is 29.5 Å². The van der Waals surface area contributed by atoms with Gasteiger partial charge < -0.3 is 9.64 Å². The second kappa shape index (κ2) is 7.01.